The summed E-state index contributed by atoms with van der Waals surface area (Å²) in [5.74, 6) is -1.53. The Morgan fingerprint density at radius 1 is 1.21 bits per heavy atom. The molecule has 1 N–H and O–H groups in total. The monoisotopic (exact) mass is 460 g/mol. The number of hydrogen-bond acceptors (Lipinski definition) is 7. The van der Waals surface area contributed by atoms with E-state index in [-0.39, 0.29) is 42.3 Å². The average Bonchev–Trinajstić information content (AvgIpc) is 3.27. The third-order valence-corrected chi connectivity index (χ3v) is 5.10. The van der Waals surface area contributed by atoms with Crippen molar-refractivity contribution in [3.8, 4) is 11.7 Å². The summed E-state index contributed by atoms with van der Waals surface area (Å²) in [5.41, 5.74) is 0.833. The van der Waals surface area contributed by atoms with Crippen LogP contribution in [0.4, 0.5) is 4.39 Å². The minimum Gasteiger partial charge on any atom is -0.474 e. The second-order valence-corrected chi connectivity index (χ2v) is 8.26. The molecule has 0 aliphatic heterocycles. The first kappa shape index (κ1) is 24.3. The van der Waals surface area contributed by atoms with E-state index in [1.807, 2.05) is 19.9 Å². The number of ether oxygens (including phenoxy) is 1. The number of rotatable bonds is 9. The Morgan fingerprint density at radius 3 is 2.42 bits per heavy atom. The summed E-state index contributed by atoms with van der Waals surface area (Å²) < 4.78 is 24.4. The van der Waals surface area contributed by atoms with E-state index in [1.54, 1.807) is 32.5 Å². The maximum atomic E-state index is 15.1. The quantitative estimate of drug-likeness (QED) is 0.486. The summed E-state index contributed by atoms with van der Waals surface area (Å²) in [4.78, 5) is 29.9. The van der Waals surface area contributed by atoms with Crippen molar-refractivity contribution in [3.05, 3.63) is 51.2 Å². The highest BCUT2D eigenvalue weighted by molar-refractivity contribution is 5.99. The van der Waals surface area contributed by atoms with Gasteiger partial charge in [0.05, 0.1) is 23.8 Å². The van der Waals surface area contributed by atoms with E-state index < -0.39 is 29.7 Å². The van der Waals surface area contributed by atoms with Crippen molar-refractivity contribution in [1.82, 2.24) is 29.1 Å². The first-order valence-electron chi connectivity index (χ1n) is 10.8. The number of nitrogens with zero attached hydrogens (tertiary/aromatic N) is 6. The fourth-order valence-electron chi connectivity index (χ4n) is 3.37. The number of ketones is 1. The first-order valence-corrected chi connectivity index (χ1v) is 10.8. The van der Waals surface area contributed by atoms with Crippen LogP contribution in [0.3, 0.4) is 0 Å². The number of aliphatic hydroxyl groups excluding tert-OH is 1. The van der Waals surface area contributed by atoms with Gasteiger partial charge in [-0.05, 0) is 38.8 Å². The highest BCUT2D eigenvalue weighted by atomic mass is 19.1. The number of aromatic nitrogens is 6. The van der Waals surface area contributed by atoms with Crippen LogP contribution in [0.15, 0.2) is 16.9 Å². The molecular formula is C22H29FN6O4. The van der Waals surface area contributed by atoms with Crippen LogP contribution < -0.4 is 10.4 Å². The predicted molar refractivity (Wildman–Crippen MR) is 118 cm³/mol. The van der Waals surface area contributed by atoms with Gasteiger partial charge >= 0.3 is 5.69 Å². The van der Waals surface area contributed by atoms with Crippen molar-refractivity contribution in [2.24, 2.45) is 7.05 Å². The Labute approximate surface area is 190 Å². The molecule has 0 radical (unpaired) electrons. The van der Waals surface area contributed by atoms with Crippen LogP contribution in [0.2, 0.25) is 0 Å². The van der Waals surface area contributed by atoms with E-state index >= 15 is 4.39 Å². The van der Waals surface area contributed by atoms with Crippen LogP contribution >= 0.6 is 0 Å². The van der Waals surface area contributed by atoms with Gasteiger partial charge < -0.3 is 9.84 Å². The number of Topliss-reactive ketones (excluding diaryl/α,β-unsaturated/α-hetero) is 1. The van der Waals surface area contributed by atoms with Gasteiger partial charge in [-0.25, -0.2) is 9.18 Å². The Kier molecular flexibility index (Phi) is 7.11. The molecule has 10 nitrogen and oxygen atoms in total. The van der Waals surface area contributed by atoms with Gasteiger partial charge in [-0.1, -0.05) is 13.8 Å². The van der Waals surface area contributed by atoms with Gasteiger partial charge in [-0.3, -0.25) is 14.0 Å². The highest BCUT2D eigenvalue weighted by Gasteiger charge is 2.24. The molecular weight excluding hydrogens is 431 g/mol. The SMILES string of the molecule is CCn1c(CO)nn(-c2nc(OC(C)C)c(C(=O)Cc3cc(C(C)C)nn3C)cc2F)c1=O. The zero-order chi connectivity index (χ0) is 24.4. The van der Waals surface area contributed by atoms with Gasteiger partial charge in [-0.15, -0.1) is 5.10 Å². The summed E-state index contributed by atoms with van der Waals surface area (Å²) in [6.07, 6.45) is -0.381. The van der Waals surface area contributed by atoms with Gasteiger partial charge in [-0.2, -0.15) is 14.8 Å². The minimum absolute atomic E-state index is 0.0236. The molecule has 178 valence electrons. The van der Waals surface area contributed by atoms with Gasteiger partial charge in [0, 0.05) is 19.3 Å². The molecule has 0 bridgehead atoms. The lowest BCUT2D eigenvalue weighted by Crippen LogP contribution is -2.26. The molecule has 33 heavy (non-hydrogen) atoms. The number of hydrogen-bond donors (Lipinski definition) is 1. The molecule has 0 aliphatic carbocycles. The van der Waals surface area contributed by atoms with E-state index in [4.69, 9.17) is 4.74 Å². The van der Waals surface area contributed by atoms with E-state index in [9.17, 15) is 14.7 Å². The number of aryl methyl sites for hydroxylation is 1. The van der Waals surface area contributed by atoms with Crippen molar-refractivity contribution in [3.63, 3.8) is 0 Å². The smallest absolute Gasteiger partial charge is 0.352 e. The minimum atomic E-state index is -0.908. The van der Waals surface area contributed by atoms with Gasteiger partial charge in [0.25, 0.3) is 0 Å². The maximum absolute atomic E-state index is 15.1. The molecule has 0 fully saturated rings. The Hall–Kier alpha value is -3.34. The zero-order valence-electron chi connectivity index (χ0n) is 19.7. The standard InChI is InChI=1S/C22H29FN6O4/c1-7-28-19(11-30)26-29(22(28)32)20-16(23)10-15(21(24-20)33-13(4)5)18(31)9-14-8-17(12(2)3)25-27(14)6/h8,10,12-13,30H,7,9,11H2,1-6H3. The summed E-state index contributed by atoms with van der Waals surface area (Å²) in [6.45, 7) is 8.95. The third-order valence-electron chi connectivity index (χ3n) is 5.10. The van der Waals surface area contributed by atoms with Gasteiger partial charge in [0.2, 0.25) is 5.88 Å². The number of halogens is 1. The summed E-state index contributed by atoms with van der Waals surface area (Å²) in [6, 6.07) is 2.86. The first-order chi connectivity index (χ1) is 15.6. The summed E-state index contributed by atoms with van der Waals surface area (Å²) in [7, 11) is 1.75. The zero-order valence-corrected chi connectivity index (χ0v) is 19.7. The van der Waals surface area contributed by atoms with E-state index in [2.05, 4.69) is 15.2 Å². The van der Waals surface area contributed by atoms with E-state index in [1.165, 1.54) is 4.57 Å². The number of pyridine rings is 1. The molecule has 0 saturated carbocycles. The number of aliphatic hydroxyl groups is 1. The lowest BCUT2D eigenvalue weighted by molar-refractivity contribution is 0.0983. The van der Waals surface area contributed by atoms with Crippen molar-refractivity contribution < 1.29 is 19.0 Å². The molecule has 0 spiro atoms. The fraction of sp³-hybridized carbons (Fsp3) is 0.500. The van der Waals surface area contributed by atoms with Crippen molar-refractivity contribution in [2.75, 3.05) is 0 Å². The normalized spacial score (nSPS) is 11.6. The van der Waals surface area contributed by atoms with Crippen LogP contribution in [0.5, 0.6) is 5.88 Å². The van der Waals surface area contributed by atoms with E-state index in [0.717, 1.165) is 16.4 Å². The molecule has 3 aromatic rings. The number of carbonyl (C=O) groups is 1. The van der Waals surface area contributed by atoms with E-state index in [0.29, 0.717) is 5.69 Å². The second-order valence-electron chi connectivity index (χ2n) is 8.26. The van der Waals surface area contributed by atoms with Crippen LogP contribution in [-0.2, 0) is 26.6 Å². The molecule has 3 heterocycles. The molecule has 0 unspecified atom stereocenters. The van der Waals surface area contributed by atoms with Crippen molar-refractivity contribution >= 4 is 5.78 Å². The third kappa shape index (κ3) is 4.87. The van der Waals surface area contributed by atoms with Crippen LogP contribution in [-0.4, -0.2) is 46.1 Å². The van der Waals surface area contributed by atoms with Gasteiger partial charge in [0.1, 0.15) is 6.61 Å². The molecule has 3 rings (SSSR count). The van der Waals surface area contributed by atoms with Gasteiger partial charge in [0.15, 0.2) is 23.2 Å². The Bertz CT molecular complexity index is 1220. The summed E-state index contributed by atoms with van der Waals surface area (Å²) in [5, 5.41) is 17.9. The fourth-order valence-corrected chi connectivity index (χ4v) is 3.37. The molecule has 0 aliphatic rings. The predicted octanol–water partition coefficient (Wildman–Crippen LogP) is 2.15. The Morgan fingerprint density at radius 2 is 1.91 bits per heavy atom. The molecule has 3 aromatic heterocycles. The van der Waals surface area contributed by atoms with Crippen LogP contribution in [0, 0.1) is 5.82 Å². The lowest BCUT2D eigenvalue weighted by atomic mass is 10.1. The molecule has 11 heteroatoms. The number of carbonyl (C=O) groups excluding carboxylic acids is 1. The molecule has 0 aromatic carbocycles. The van der Waals surface area contributed by atoms with Crippen LogP contribution in [0.25, 0.3) is 5.82 Å². The molecule has 0 atom stereocenters. The highest BCUT2D eigenvalue weighted by Crippen LogP contribution is 2.24. The largest absolute Gasteiger partial charge is 0.474 e. The summed E-state index contributed by atoms with van der Waals surface area (Å²) >= 11 is 0. The lowest BCUT2D eigenvalue weighted by Gasteiger charge is -2.14. The maximum Gasteiger partial charge on any atom is 0.352 e. The topological polar surface area (TPSA) is 117 Å². The van der Waals surface area contributed by atoms with Crippen molar-refractivity contribution in [2.45, 2.75) is 66.2 Å². The second kappa shape index (κ2) is 9.65. The van der Waals surface area contributed by atoms with Crippen molar-refractivity contribution in [1.29, 1.82) is 0 Å². The molecule has 0 saturated heterocycles. The average molecular weight is 461 g/mol. The Balaban J connectivity index is 2.07. The molecule has 0 amide bonds. The van der Waals surface area contributed by atoms with Crippen LogP contribution in [0.1, 0.15) is 68.1 Å².